The molecule has 0 radical (unpaired) electrons. The van der Waals surface area contributed by atoms with Gasteiger partial charge in [0.1, 0.15) is 24.3 Å². The summed E-state index contributed by atoms with van der Waals surface area (Å²) in [7, 11) is 0. The van der Waals surface area contributed by atoms with Crippen LogP contribution < -0.4 is 4.74 Å². The van der Waals surface area contributed by atoms with Crippen molar-refractivity contribution in [3.05, 3.63) is 63.6 Å². The maximum Gasteiger partial charge on any atom is 0.246 e. The molecule has 142 valence electrons. The van der Waals surface area contributed by atoms with Crippen LogP contribution in [0.15, 0.2) is 47.2 Å². The van der Waals surface area contributed by atoms with Crippen LogP contribution in [-0.2, 0) is 9.53 Å². The highest BCUT2D eigenvalue weighted by Crippen LogP contribution is 2.18. The molecule has 1 aromatic carbocycles. The summed E-state index contributed by atoms with van der Waals surface area (Å²) in [6.45, 7) is 1.65. The molecule has 2 aromatic rings. The highest BCUT2D eigenvalue weighted by molar-refractivity contribution is 9.10. The number of amides is 1. The van der Waals surface area contributed by atoms with Crippen LogP contribution in [0.1, 0.15) is 5.56 Å². The summed E-state index contributed by atoms with van der Waals surface area (Å²) in [5.41, 5.74) is 0.734. The summed E-state index contributed by atoms with van der Waals surface area (Å²) in [5.74, 6) is 0.0777. The lowest BCUT2D eigenvalue weighted by molar-refractivity contribution is -0.134. The number of carbonyl (C=O) groups excluding carboxylic acids is 1. The summed E-state index contributed by atoms with van der Waals surface area (Å²) < 4.78 is 24.9. The van der Waals surface area contributed by atoms with E-state index in [1.807, 2.05) is 0 Å². The molecule has 0 N–H and O–H groups in total. The Morgan fingerprint density at radius 1 is 1.44 bits per heavy atom. The van der Waals surface area contributed by atoms with Crippen molar-refractivity contribution in [1.82, 2.24) is 9.88 Å². The largest absolute Gasteiger partial charge is 0.489 e. The Balaban J connectivity index is 1.54. The molecule has 8 heteroatoms. The van der Waals surface area contributed by atoms with E-state index in [-0.39, 0.29) is 17.8 Å². The quantitative estimate of drug-likeness (QED) is 0.641. The van der Waals surface area contributed by atoms with Crippen LogP contribution in [0.4, 0.5) is 4.39 Å². The van der Waals surface area contributed by atoms with E-state index in [1.54, 1.807) is 35.4 Å². The van der Waals surface area contributed by atoms with Gasteiger partial charge in [0, 0.05) is 24.9 Å². The lowest BCUT2D eigenvalue weighted by Crippen LogP contribution is -2.47. The van der Waals surface area contributed by atoms with E-state index in [4.69, 9.17) is 21.1 Å². The highest BCUT2D eigenvalue weighted by Gasteiger charge is 2.23. The van der Waals surface area contributed by atoms with E-state index in [2.05, 4.69) is 20.9 Å². The van der Waals surface area contributed by atoms with Gasteiger partial charge in [-0.3, -0.25) is 9.78 Å². The molecule has 1 atom stereocenters. The number of nitrogens with zero attached hydrogens (tertiary/aromatic N) is 2. The lowest BCUT2D eigenvalue weighted by Gasteiger charge is -2.32. The van der Waals surface area contributed by atoms with Crippen LogP contribution in [-0.4, -0.2) is 48.2 Å². The van der Waals surface area contributed by atoms with Crippen LogP contribution in [0.2, 0.25) is 5.02 Å². The Bertz CT molecular complexity index is 849. The van der Waals surface area contributed by atoms with E-state index >= 15 is 0 Å². The smallest absolute Gasteiger partial charge is 0.246 e. The van der Waals surface area contributed by atoms with E-state index in [0.29, 0.717) is 41.5 Å². The Hall–Kier alpha value is -1.96. The molecule has 5 nitrogen and oxygen atoms in total. The lowest BCUT2D eigenvalue weighted by atomic mass is 10.2. The number of morpholine rings is 1. The van der Waals surface area contributed by atoms with Crippen molar-refractivity contribution < 1.29 is 18.7 Å². The van der Waals surface area contributed by atoms with Crippen molar-refractivity contribution in [2.24, 2.45) is 0 Å². The second-order valence-electron chi connectivity index (χ2n) is 5.93. The molecule has 1 fully saturated rings. The van der Waals surface area contributed by atoms with Gasteiger partial charge >= 0.3 is 0 Å². The summed E-state index contributed by atoms with van der Waals surface area (Å²) in [4.78, 5) is 18.1. The minimum absolute atomic E-state index is 0.131. The molecule has 0 bridgehead atoms. The van der Waals surface area contributed by atoms with Gasteiger partial charge in [-0.05, 0) is 39.7 Å². The minimum Gasteiger partial charge on any atom is -0.489 e. The normalized spacial score (nSPS) is 17.3. The number of hydrogen-bond donors (Lipinski definition) is 0. The zero-order valence-electron chi connectivity index (χ0n) is 14.3. The first-order valence-electron chi connectivity index (χ1n) is 8.28. The molecular weight excluding hydrogens is 439 g/mol. The molecule has 2 heterocycles. The highest BCUT2D eigenvalue weighted by atomic mass is 79.9. The zero-order valence-corrected chi connectivity index (χ0v) is 16.6. The fraction of sp³-hybridized carbons (Fsp3) is 0.263. The predicted molar refractivity (Wildman–Crippen MR) is 104 cm³/mol. The standard InChI is InChI=1S/C19H17BrClFN2O3/c20-17-7-13(1-3-18(17)22)2-4-19(25)24-5-6-26-16(11-24)12-27-15-8-14(21)9-23-10-15/h1-4,7-10,16H,5-6,11-12H2. The maximum absolute atomic E-state index is 13.3. The Labute approximate surface area is 169 Å². The van der Waals surface area contributed by atoms with Gasteiger partial charge in [-0.25, -0.2) is 4.39 Å². The molecule has 1 saturated heterocycles. The van der Waals surface area contributed by atoms with Gasteiger partial charge in [0.15, 0.2) is 0 Å². The minimum atomic E-state index is -0.343. The molecular formula is C19H17BrClFN2O3. The van der Waals surface area contributed by atoms with Gasteiger partial charge in [0.2, 0.25) is 5.91 Å². The third-order valence-electron chi connectivity index (χ3n) is 3.93. The van der Waals surface area contributed by atoms with Gasteiger partial charge < -0.3 is 14.4 Å². The van der Waals surface area contributed by atoms with E-state index in [1.165, 1.54) is 18.3 Å². The topological polar surface area (TPSA) is 51.7 Å². The SMILES string of the molecule is O=C(C=Cc1ccc(F)c(Br)c1)N1CCOC(COc2cncc(Cl)c2)C1. The van der Waals surface area contributed by atoms with E-state index < -0.39 is 0 Å². The maximum atomic E-state index is 13.3. The first kappa shape index (κ1) is 19.8. The zero-order chi connectivity index (χ0) is 19.2. The van der Waals surface area contributed by atoms with Crippen LogP contribution in [0.5, 0.6) is 5.75 Å². The molecule has 0 aliphatic carbocycles. The first-order valence-corrected chi connectivity index (χ1v) is 9.45. The number of pyridine rings is 1. The number of carbonyl (C=O) groups is 1. The number of aromatic nitrogens is 1. The molecule has 3 rings (SSSR count). The monoisotopic (exact) mass is 454 g/mol. The molecule has 0 saturated carbocycles. The number of rotatable bonds is 5. The molecule has 1 aliphatic rings. The fourth-order valence-electron chi connectivity index (χ4n) is 2.57. The fourth-order valence-corrected chi connectivity index (χ4v) is 3.13. The Morgan fingerprint density at radius 3 is 3.07 bits per heavy atom. The second-order valence-corrected chi connectivity index (χ2v) is 7.22. The van der Waals surface area contributed by atoms with Crippen molar-refractivity contribution in [1.29, 1.82) is 0 Å². The summed E-state index contributed by atoms with van der Waals surface area (Å²) in [6, 6.07) is 6.25. The third kappa shape index (κ3) is 5.76. The van der Waals surface area contributed by atoms with Crippen molar-refractivity contribution in [3.63, 3.8) is 0 Å². The van der Waals surface area contributed by atoms with Gasteiger partial charge in [-0.1, -0.05) is 17.7 Å². The number of halogens is 3. The Kier molecular flexibility index (Phi) is 6.82. The molecule has 1 aliphatic heterocycles. The molecule has 1 amide bonds. The predicted octanol–water partition coefficient (Wildman–Crippen LogP) is 3.96. The van der Waals surface area contributed by atoms with E-state index in [9.17, 15) is 9.18 Å². The van der Waals surface area contributed by atoms with Crippen LogP contribution in [0.3, 0.4) is 0 Å². The van der Waals surface area contributed by atoms with Crippen LogP contribution >= 0.6 is 27.5 Å². The van der Waals surface area contributed by atoms with Gasteiger partial charge in [0.05, 0.1) is 28.8 Å². The van der Waals surface area contributed by atoms with Crippen LogP contribution in [0.25, 0.3) is 6.08 Å². The number of hydrogen-bond acceptors (Lipinski definition) is 4. The van der Waals surface area contributed by atoms with Gasteiger partial charge in [-0.2, -0.15) is 0 Å². The van der Waals surface area contributed by atoms with Gasteiger partial charge in [-0.15, -0.1) is 0 Å². The second kappa shape index (κ2) is 9.30. The van der Waals surface area contributed by atoms with Gasteiger partial charge in [0.25, 0.3) is 0 Å². The Morgan fingerprint density at radius 2 is 2.30 bits per heavy atom. The van der Waals surface area contributed by atoms with Crippen molar-refractivity contribution in [2.45, 2.75) is 6.10 Å². The van der Waals surface area contributed by atoms with Crippen molar-refractivity contribution in [3.8, 4) is 5.75 Å². The average Bonchev–Trinajstić information content (AvgIpc) is 2.67. The van der Waals surface area contributed by atoms with Crippen molar-refractivity contribution >= 4 is 39.5 Å². The summed E-state index contributed by atoms with van der Waals surface area (Å²) in [6.07, 6.45) is 5.99. The van der Waals surface area contributed by atoms with Crippen LogP contribution in [0, 0.1) is 5.82 Å². The molecule has 0 spiro atoms. The molecule has 1 unspecified atom stereocenters. The molecule has 1 aromatic heterocycles. The first-order chi connectivity index (χ1) is 13.0. The summed E-state index contributed by atoms with van der Waals surface area (Å²) in [5, 5.41) is 0.492. The number of benzene rings is 1. The average molecular weight is 456 g/mol. The third-order valence-corrected chi connectivity index (χ3v) is 4.74. The number of ether oxygens (including phenoxy) is 2. The molecule has 27 heavy (non-hydrogen) atoms. The van der Waals surface area contributed by atoms with Crippen molar-refractivity contribution in [2.75, 3.05) is 26.3 Å². The summed E-state index contributed by atoms with van der Waals surface area (Å²) >= 11 is 9.01. The van der Waals surface area contributed by atoms with E-state index in [0.717, 1.165) is 5.56 Å².